The molecule has 1 fully saturated rings. The Morgan fingerprint density at radius 2 is 2.03 bits per heavy atom. The number of aromatic amines is 1. The van der Waals surface area contributed by atoms with Crippen molar-refractivity contribution in [2.45, 2.75) is 36.5 Å². The Hall–Kier alpha value is -2.87. The second kappa shape index (κ2) is 6.88. The lowest BCUT2D eigenvalue weighted by molar-refractivity contribution is -0.121. The SMILES string of the molecule is CCc1cnc(N(C)C)c(C2(C(=O)NS(=O)(=O)c3cccc4[nH]ccc34)CC2)c1. The Bertz CT molecular complexity index is 1190. The smallest absolute Gasteiger partial charge is 0.264 e. The number of anilines is 1. The van der Waals surface area contributed by atoms with Crippen LogP contribution in [0.5, 0.6) is 0 Å². The normalized spacial score (nSPS) is 15.3. The van der Waals surface area contributed by atoms with Crippen LogP contribution in [0.15, 0.2) is 47.6 Å². The zero-order chi connectivity index (χ0) is 20.8. The molecule has 0 atom stereocenters. The standard InChI is InChI=1S/C21H24N4O3S/c1-4-14-12-16(19(23-13-14)25(2)3)21(9-10-21)20(26)24-29(27,28)18-7-5-6-17-15(18)8-11-22-17/h5-8,11-13,22H,4,9-10H2,1-3H3,(H,24,26). The van der Waals surface area contributed by atoms with Crippen LogP contribution in [0, 0.1) is 0 Å². The highest BCUT2D eigenvalue weighted by Crippen LogP contribution is 2.51. The molecule has 3 aromatic rings. The van der Waals surface area contributed by atoms with Gasteiger partial charge in [-0.25, -0.2) is 18.1 Å². The van der Waals surface area contributed by atoms with Gasteiger partial charge in [-0.15, -0.1) is 0 Å². The molecular formula is C21H24N4O3S. The Morgan fingerprint density at radius 3 is 2.69 bits per heavy atom. The van der Waals surface area contributed by atoms with Gasteiger partial charge in [0.25, 0.3) is 10.0 Å². The highest BCUT2D eigenvalue weighted by atomic mass is 32.2. The monoisotopic (exact) mass is 412 g/mol. The third-order valence-corrected chi connectivity index (χ3v) is 6.92. The van der Waals surface area contributed by atoms with E-state index in [-0.39, 0.29) is 4.90 Å². The molecule has 2 heterocycles. The lowest BCUT2D eigenvalue weighted by Gasteiger charge is -2.23. The molecule has 2 N–H and O–H groups in total. The number of rotatable bonds is 6. The first-order valence-corrected chi connectivity index (χ1v) is 11.1. The Labute approximate surface area is 170 Å². The first-order chi connectivity index (χ1) is 13.8. The molecular weight excluding hydrogens is 388 g/mol. The third-order valence-electron chi connectivity index (χ3n) is 5.53. The molecule has 1 aliphatic rings. The van der Waals surface area contributed by atoms with Crippen LogP contribution in [-0.2, 0) is 26.7 Å². The van der Waals surface area contributed by atoms with E-state index >= 15 is 0 Å². The molecule has 0 unspecified atom stereocenters. The van der Waals surface area contributed by atoms with Gasteiger partial charge in [0, 0.05) is 43.0 Å². The van der Waals surface area contributed by atoms with Gasteiger partial charge in [0.15, 0.2) is 0 Å². The molecule has 7 nitrogen and oxygen atoms in total. The van der Waals surface area contributed by atoms with E-state index in [0.717, 1.165) is 17.5 Å². The van der Waals surface area contributed by atoms with E-state index in [9.17, 15) is 13.2 Å². The van der Waals surface area contributed by atoms with Crippen LogP contribution < -0.4 is 9.62 Å². The van der Waals surface area contributed by atoms with Crippen LogP contribution in [0.4, 0.5) is 5.82 Å². The summed E-state index contributed by atoms with van der Waals surface area (Å²) in [5.41, 5.74) is 1.65. The summed E-state index contributed by atoms with van der Waals surface area (Å²) >= 11 is 0. The molecule has 2 aromatic heterocycles. The number of fused-ring (bicyclic) bond motifs is 1. The van der Waals surface area contributed by atoms with E-state index in [1.807, 2.05) is 32.0 Å². The summed E-state index contributed by atoms with van der Waals surface area (Å²) in [5.74, 6) is 0.197. The lowest BCUT2D eigenvalue weighted by atomic mass is 9.94. The number of hydrogen-bond acceptors (Lipinski definition) is 5. The van der Waals surface area contributed by atoms with Crippen molar-refractivity contribution >= 4 is 32.7 Å². The molecule has 1 aromatic carbocycles. The molecule has 0 radical (unpaired) electrons. The minimum atomic E-state index is -4.01. The van der Waals surface area contributed by atoms with Crippen LogP contribution in [0.2, 0.25) is 0 Å². The van der Waals surface area contributed by atoms with Gasteiger partial charge < -0.3 is 9.88 Å². The average molecular weight is 413 g/mol. The quantitative estimate of drug-likeness (QED) is 0.649. The maximum atomic E-state index is 13.2. The van der Waals surface area contributed by atoms with E-state index < -0.39 is 21.3 Å². The summed E-state index contributed by atoms with van der Waals surface area (Å²) in [4.78, 5) is 22.7. The number of hydrogen-bond donors (Lipinski definition) is 2. The third kappa shape index (κ3) is 3.27. The van der Waals surface area contributed by atoms with Crippen molar-refractivity contribution in [2.75, 3.05) is 19.0 Å². The minimum absolute atomic E-state index is 0.0914. The summed E-state index contributed by atoms with van der Waals surface area (Å²) in [6.45, 7) is 2.03. The number of pyridine rings is 1. The first-order valence-electron chi connectivity index (χ1n) is 9.58. The van der Waals surface area contributed by atoms with Crippen LogP contribution in [0.3, 0.4) is 0 Å². The molecule has 29 heavy (non-hydrogen) atoms. The van der Waals surface area contributed by atoms with Gasteiger partial charge >= 0.3 is 0 Å². The maximum Gasteiger partial charge on any atom is 0.264 e. The number of benzene rings is 1. The predicted octanol–water partition coefficient (Wildman–Crippen LogP) is 2.73. The zero-order valence-electron chi connectivity index (χ0n) is 16.7. The van der Waals surface area contributed by atoms with E-state index in [4.69, 9.17) is 0 Å². The minimum Gasteiger partial charge on any atom is -0.362 e. The molecule has 0 aliphatic heterocycles. The summed E-state index contributed by atoms with van der Waals surface area (Å²) in [6.07, 6.45) is 5.46. The number of carbonyl (C=O) groups excluding carboxylic acids is 1. The summed E-state index contributed by atoms with van der Waals surface area (Å²) < 4.78 is 28.4. The van der Waals surface area contributed by atoms with Crippen molar-refractivity contribution < 1.29 is 13.2 Å². The molecule has 152 valence electrons. The summed E-state index contributed by atoms with van der Waals surface area (Å²) in [6, 6.07) is 8.64. The fourth-order valence-electron chi connectivity index (χ4n) is 3.71. The van der Waals surface area contributed by atoms with Crippen LogP contribution in [0.1, 0.15) is 30.9 Å². The molecule has 1 saturated carbocycles. The van der Waals surface area contributed by atoms with Crippen molar-refractivity contribution in [3.05, 3.63) is 53.9 Å². The maximum absolute atomic E-state index is 13.2. The van der Waals surface area contributed by atoms with E-state index in [1.165, 1.54) is 6.07 Å². The van der Waals surface area contributed by atoms with Crippen molar-refractivity contribution in [3.8, 4) is 0 Å². The van der Waals surface area contributed by atoms with E-state index in [0.29, 0.717) is 29.6 Å². The number of H-pyrrole nitrogens is 1. The topological polar surface area (TPSA) is 95.2 Å². The van der Waals surface area contributed by atoms with E-state index in [2.05, 4.69) is 14.7 Å². The zero-order valence-corrected chi connectivity index (χ0v) is 17.5. The van der Waals surface area contributed by atoms with Crippen molar-refractivity contribution in [3.63, 3.8) is 0 Å². The fourth-order valence-corrected chi connectivity index (χ4v) is 4.99. The number of aromatic nitrogens is 2. The Morgan fingerprint density at radius 1 is 1.28 bits per heavy atom. The van der Waals surface area contributed by atoms with Crippen LogP contribution in [-0.4, -0.2) is 38.4 Å². The second-order valence-electron chi connectivity index (χ2n) is 7.67. The first kappa shape index (κ1) is 19.4. The highest BCUT2D eigenvalue weighted by molar-refractivity contribution is 7.90. The molecule has 0 spiro atoms. The summed E-state index contributed by atoms with van der Waals surface area (Å²) in [5, 5.41) is 0.557. The molecule has 0 saturated heterocycles. The van der Waals surface area contributed by atoms with Gasteiger partial charge in [-0.05, 0) is 49.1 Å². The largest absolute Gasteiger partial charge is 0.362 e. The highest BCUT2D eigenvalue weighted by Gasteiger charge is 2.54. The van der Waals surface area contributed by atoms with Crippen LogP contribution in [0.25, 0.3) is 10.9 Å². The number of sulfonamides is 1. The van der Waals surface area contributed by atoms with E-state index in [1.54, 1.807) is 30.6 Å². The fraction of sp³-hybridized carbons (Fsp3) is 0.333. The predicted molar refractivity (Wildman–Crippen MR) is 112 cm³/mol. The van der Waals surface area contributed by atoms with Crippen molar-refractivity contribution in [1.29, 1.82) is 0 Å². The molecule has 1 aliphatic carbocycles. The Balaban J connectivity index is 1.71. The van der Waals surface area contributed by atoms with Gasteiger partial charge in [0.05, 0.1) is 10.3 Å². The number of amides is 1. The summed E-state index contributed by atoms with van der Waals surface area (Å²) in [7, 11) is -0.270. The average Bonchev–Trinajstić information content (AvgIpc) is 3.37. The molecule has 8 heteroatoms. The van der Waals surface area contributed by atoms with Gasteiger partial charge in [0.2, 0.25) is 5.91 Å². The molecule has 4 rings (SSSR count). The van der Waals surface area contributed by atoms with Gasteiger partial charge in [-0.1, -0.05) is 13.0 Å². The number of carbonyl (C=O) groups is 1. The van der Waals surface area contributed by atoms with Crippen LogP contribution >= 0.6 is 0 Å². The lowest BCUT2D eigenvalue weighted by Crippen LogP contribution is -2.39. The Kier molecular flexibility index (Phi) is 4.61. The molecule has 0 bridgehead atoms. The van der Waals surface area contributed by atoms with Gasteiger partial charge in [-0.3, -0.25) is 4.79 Å². The number of aryl methyl sites for hydroxylation is 1. The van der Waals surface area contributed by atoms with Crippen molar-refractivity contribution in [1.82, 2.24) is 14.7 Å². The van der Waals surface area contributed by atoms with Gasteiger partial charge in [-0.2, -0.15) is 0 Å². The van der Waals surface area contributed by atoms with Gasteiger partial charge in [0.1, 0.15) is 5.82 Å². The number of nitrogens with one attached hydrogen (secondary N) is 2. The van der Waals surface area contributed by atoms with Crippen molar-refractivity contribution in [2.24, 2.45) is 0 Å². The molecule has 1 amide bonds. The second-order valence-corrected chi connectivity index (χ2v) is 9.33. The number of nitrogens with zero attached hydrogens (tertiary/aromatic N) is 2.